The zero-order chi connectivity index (χ0) is 9.26. The monoisotopic (exact) mass is 170 g/mol. The standard InChI is InChI=1S/C10H6N2O/c1-2-8-5-9(7-13)10-11-3-4-12(10)6-8/h1,3-7H. The molecule has 0 spiro atoms. The first-order chi connectivity index (χ1) is 6.35. The van der Waals surface area contributed by atoms with Crippen LogP contribution in [0.25, 0.3) is 5.65 Å². The molecule has 0 saturated carbocycles. The second-order valence-electron chi connectivity index (χ2n) is 2.60. The molecule has 0 bridgehead atoms. The zero-order valence-corrected chi connectivity index (χ0v) is 6.77. The molecule has 0 amide bonds. The zero-order valence-electron chi connectivity index (χ0n) is 6.77. The van der Waals surface area contributed by atoms with Crippen LogP contribution in [0.5, 0.6) is 0 Å². The first-order valence-electron chi connectivity index (χ1n) is 3.73. The second-order valence-corrected chi connectivity index (χ2v) is 2.60. The number of fused-ring (bicyclic) bond motifs is 1. The lowest BCUT2D eigenvalue weighted by molar-refractivity contribution is 0.112. The minimum Gasteiger partial charge on any atom is -0.305 e. The molecule has 0 aliphatic heterocycles. The van der Waals surface area contributed by atoms with Crippen LogP contribution in [-0.4, -0.2) is 15.7 Å². The van der Waals surface area contributed by atoms with Gasteiger partial charge in [0, 0.05) is 24.2 Å². The van der Waals surface area contributed by atoms with Gasteiger partial charge >= 0.3 is 0 Å². The molecule has 3 heteroatoms. The maximum atomic E-state index is 10.7. The van der Waals surface area contributed by atoms with Gasteiger partial charge in [0.15, 0.2) is 6.29 Å². The lowest BCUT2D eigenvalue weighted by Gasteiger charge is -1.97. The summed E-state index contributed by atoms with van der Waals surface area (Å²) in [7, 11) is 0. The highest BCUT2D eigenvalue weighted by molar-refractivity contribution is 5.84. The number of imidazole rings is 1. The summed E-state index contributed by atoms with van der Waals surface area (Å²) in [5.74, 6) is 2.48. The van der Waals surface area contributed by atoms with Gasteiger partial charge < -0.3 is 4.40 Å². The van der Waals surface area contributed by atoms with Gasteiger partial charge in [0.25, 0.3) is 0 Å². The van der Waals surface area contributed by atoms with Crippen molar-refractivity contribution < 1.29 is 4.79 Å². The van der Waals surface area contributed by atoms with E-state index in [0.29, 0.717) is 16.8 Å². The number of pyridine rings is 1. The highest BCUT2D eigenvalue weighted by Crippen LogP contribution is 2.09. The molecule has 0 unspecified atom stereocenters. The second kappa shape index (κ2) is 2.76. The number of hydrogen-bond acceptors (Lipinski definition) is 2. The van der Waals surface area contributed by atoms with Crippen LogP contribution < -0.4 is 0 Å². The van der Waals surface area contributed by atoms with E-state index in [4.69, 9.17) is 6.42 Å². The largest absolute Gasteiger partial charge is 0.305 e. The Balaban J connectivity index is 2.86. The highest BCUT2D eigenvalue weighted by atomic mass is 16.1. The Kier molecular flexibility index (Phi) is 1.60. The molecule has 2 rings (SSSR count). The number of carbonyl (C=O) groups is 1. The topological polar surface area (TPSA) is 34.4 Å². The summed E-state index contributed by atoms with van der Waals surface area (Å²) >= 11 is 0. The summed E-state index contributed by atoms with van der Waals surface area (Å²) in [4.78, 5) is 14.7. The van der Waals surface area contributed by atoms with Crippen LogP contribution in [-0.2, 0) is 0 Å². The van der Waals surface area contributed by atoms with E-state index in [0.717, 1.165) is 6.29 Å². The van der Waals surface area contributed by atoms with Crippen molar-refractivity contribution in [1.29, 1.82) is 0 Å². The number of hydrogen-bond donors (Lipinski definition) is 0. The third kappa shape index (κ3) is 1.09. The predicted molar refractivity (Wildman–Crippen MR) is 48.5 cm³/mol. The van der Waals surface area contributed by atoms with Gasteiger partial charge in [-0.05, 0) is 6.07 Å². The lowest BCUT2D eigenvalue weighted by atomic mass is 10.2. The third-order valence-electron chi connectivity index (χ3n) is 1.81. The van der Waals surface area contributed by atoms with E-state index >= 15 is 0 Å². The highest BCUT2D eigenvalue weighted by Gasteiger charge is 2.02. The predicted octanol–water partition coefficient (Wildman–Crippen LogP) is 1.13. The first kappa shape index (κ1) is 7.56. The van der Waals surface area contributed by atoms with E-state index in [9.17, 15) is 4.79 Å². The molecule has 0 N–H and O–H groups in total. The molecule has 0 radical (unpaired) electrons. The maximum Gasteiger partial charge on any atom is 0.153 e. The Bertz CT molecular complexity index is 505. The van der Waals surface area contributed by atoms with Crippen LogP contribution >= 0.6 is 0 Å². The minimum atomic E-state index is 0.514. The first-order valence-corrected chi connectivity index (χ1v) is 3.73. The molecular formula is C10H6N2O. The summed E-state index contributed by atoms with van der Waals surface area (Å²) in [6, 6.07) is 1.65. The molecule has 2 aromatic rings. The molecular weight excluding hydrogens is 164 g/mol. The van der Waals surface area contributed by atoms with Crippen LogP contribution in [0.1, 0.15) is 15.9 Å². The number of nitrogens with zero attached hydrogens (tertiary/aromatic N) is 2. The Morgan fingerprint density at radius 3 is 3.15 bits per heavy atom. The lowest BCUT2D eigenvalue weighted by Crippen LogP contribution is -1.92. The van der Waals surface area contributed by atoms with Gasteiger partial charge in [0.1, 0.15) is 5.65 Å². The average Bonchev–Trinajstić information content (AvgIpc) is 2.63. The quantitative estimate of drug-likeness (QED) is 0.475. The minimum absolute atomic E-state index is 0.514. The fraction of sp³-hybridized carbons (Fsp3) is 0. The molecule has 62 valence electrons. The molecule has 0 aromatic carbocycles. The van der Waals surface area contributed by atoms with Crippen LogP contribution in [0, 0.1) is 12.3 Å². The molecule has 2 aromatic heterocycles. The SMILES string of the molecule is C#Cc1cc(C=O)c2nccn2c1. The summed E-state index contributed by atoms with van der Waals surface area (Å²) in [6.07, 6.45) is 11.1. The van der Waals surface area contributed by atoms with Gasteiger partial charge in [-0.2, -0.15) is 0 Å². The van der Waals surface area contributed by atoms with E-state index in [2.05, 4.69) is 10.9 Å². The van der Waals surface area contributed by atoms with Crippen molar-refractivity contribution in [2.45, 2.75) is 0 Å². The van der Waals surface area contributed by atoms with Crippen molar-refractivity contribution in [1.82, 2.24) is 9.38 Å². The van der Waals surface area contributed by atoms with E-state index in [1.807, 2.05) is 0 Å². The molecule has 0 saturated heterocycles. The van der Waals surface area contributed by atoms with Crippen molar-refractivity contribution in [3.05, 3.63) is 35.8 Å². The van der Waals surface area contributed by atoms with E-state index < -0.39 is 0 Å². The maximum absolute atomic E-state index is 10.7. The Morgan fingerprint density at radius 1 is 1.62 bits per heavy atom. The van der Waals surface area contributed by atoms with Crippen molar-refractivity contribution in [3.8, 4) is 12.3 Å². The van der Waals surface area contributed by atoms with Crippen LogP contribution in [0.4, 0.5) is 0 Å². The molecule has 3 nitrogen and oxygen atoms in total. The van der Waals surface area contributed by atoms with Crippen LogP contribution in [0.2, 0.25) is 0 Å². The molecule has 0 aliphatic rings. The van der Waals surface area contributed by atoms with Gasteiger partial charge in [0.2, 0.25) is 0 Å². The van der Waals surface area contributed by atoms with Crippen molar-refractivity contribution in [2.75, 3.05) is 0 Å². The Hall–Kier alpha value is -2.08. The Morgan fingerprint density at radius 2 is 2.46 bits per heavy atom. The molecule has 0 aliphatic carbocycles. The van der Waals surface area contributed by atoms with Crippen molar-refractivity contribution in [2.24, 2.45) is 0 Å². The molecule has 0 atom stereocenters. The van der Waals surface area contributed by atoms with Crippen LogP contribution in [0.3, 0.4) is 0 Å². The van der Waals surface area contributed by atoms with Gasteiger partial charge in [-0.15, -0.1) is 6.42 Å². The van der Waals surface area contributed by atoms with E-state index in [-0.39, 0.29) is 0 Å². The van der Waals surface area contributed by atoms with Gasteiger partial charge in [-0.25, -0.2) is 4.98 Å². The molecule has 2 heterocycles. The van der Waals surface area contributed by atoms with Crippen LogP contribution in [0.15, 0.2) is 24.7 Å². The fourth-order valence-electron chi connectivity index (χ4n) is 1.23. The normalized spacial score (nSPS) is 9.77. The number of carbonyl (C=O) groups excluding carboxylic acids is 1. The molecule has 13 heavy (non-hydrogen) atoms. The number of terminal acetylenes is 1. The van der Waals surface area contributed by atoms with Gasteiger partial charge in [-0.1, -0.05) is 5.92 Å². The number of aromatic nitrogens is 2. The Labute approximate surface area is 75.0 Å². The van der Waals surface area contributed by atoms with Crippen molar-refractivity contribution >= 4 is 11.9 Å². The summed E-state index contributed by atoms with van der Waals surface area (Å²) in [5, 5.41) is 0. The van der Waals surface area contributed by atoms with Crippen molar-refractivity contribution in [3.63, 3.8) is 0 Å². The summed E-state index contributed by atoms with van der Waals surface area (Å²) in [5.41, 5.74) is 1.82. The number of rotatable bonds is 1. The third-order valence-corrected chi connectivity index (χ3v) is 1.81. The number of aldehydes is 1. The smallest absolute Gasteiger partial charge is 0.153 e. The van der Waals surface area contributed by atoms with Gasteiger partial charge in [0.05, 0.1) is 5.56 Å². The average molecular weight is 170 g/mol. The summed E-state index contributed by atoms with van der Waals surface area (Å²) < 4.78 is 1.74. The summed E-state index contributed by atoms with van der Waals surface area (Å²) in [6.45, 7) is 0. The van der Waals surface area contributed by atoms with E-state index in [1.165, 1.54) is 0 Å². The molecule has 0 fully saturated rings. The fourth-order valence-corrected chi connectivity index (χ4v) is 1.23. The van der Waals surface area contributed by atoms with Gasteiger partial charge in [-0.3, -0.25) is 4.79 Å². The van der Waals surface area contributed by atoms with E-state index in [1.54, 1.807) is 29.1 Å².